The number of ether oxygens (including phenoxy) is 1. The van der Waals surface area contributed by atoms with Gasteiger partial charge in [0.15, 0.2) is 11.6 Å². The first kappa shape index (κ1) is 14.4. The fourth-order valence-corrected chi connectivity index (χ4v) is 1.53. The van der Waals surface area contributed by atoms with Gasteiger partial charge in [0.25, 0.3) is 5.91 Å². The molecule has 0 aliphatic carbocycles. The Bertz CT molecular complexity index is 409. The number of nitrogens with one attached hydrogen (secondary N) is 1. The zero-order valence-electron chi connectivity index (χ0n) is 10.6. The van der Waals surface area contributed by atoms with Gasteiger partial charge in [0.1, 0.15) is 0 Å². The largest absolute Gasteiger partial charge is 0.494 e. The number of carbonyl (C=O) groups is 1. The second-order valence-electron chi connectivity index (χ2n) is 4.15. The molecule has 1 rings (SSSR count). The SMILES string of the molecule is COc1cccc(C(=O)NCC(C)CCO)c1F. The highest BCUT2D eigenvalue weighted by molar-refractivity contribution is 5.94. The van der Waals surface area contributed by atoms with Crippen molar-refractivity contribution in [3.05, 3.63) is 29.6 Å². The van der Waals surface area contributed by atoms with Crippen LogP contribution in [0.25, 0.3) is 0 Å². The zero-order valence-corrected chi connectivity index (χ0v) is 10.6. The first-order valence-corrected chi connectivity index (χ1v) is 5.81. The van der Waals surface area contributed by atoms with Crippen molar-refractivity contribution in [2.75, 3.05) is 20.3 Å². The molecule has 1 unspecified atom stereocenters. The molecule has 0 saturated heterocycles. The van der Waals surface area contributed by atoms with Gasteiger partial charge in [0, 0.05) is 13.2 Å². The number of methoxy groups -OCH3 is 1. The Kier molecular flexibility index (Phi) is 5.58. The Labute approximate surface area is 106 Å². The maximum absolute atomic E-state index is 13.8. The molecule has 1 amide bonds. The third kappa shape index (κ3) is 3.70. The predicted molar refractivity (Wildman–Crippen MR) is 66.2 cm³/mol. The van der Waals surface area contributed by atoms with Crippen molar-refractivity contribution in [2.45, 2.75) is 13.3 Å². The number of aliphatic hydroxyl groups is 1. The van der Waals surface area contributed by atoms with Gasteiger partial charge in [-0.25, -0.2) is 4.39 Å². The van der Waals surface area contributed by atoms with E-state index in [2.05, 4.69) is 5.32 Å². The normalized spacial score (nSPS) is 12.0. The van der Waals surface area contributed by atoms with E-state index in [0.29, 0.717) is 13.0 Å². The molecule has 0 radical (unpaired) electrons. The standard InChI is InChI=1S/C13H18FNO3/c1-9(6-7-16)8-15-13(17)10-4-3-5-11(18-2)12(10)14/h3-5,9,16H,6-8H2,1-2H3,(H,15,17). The molecule has 100 valence electrons. The van der Waals surface area contributed by atoms with Gasteiger partial charge in [-0.1, -0.05) is 13.0 Å². The minimum atomic E-state index is -0.660. The third-order valence-corrected chi connectivity index (χ3v) is 2.66. The number of benzene rings is 1. The van der Waals surface area contributed by atoms with Crippen LogP contribution in [0.5, 0.6) is 5.75 Å². The first-order valence-electron chi connectivity index (χ1n) is 5.81. The van der Waals surface area contributed by atoms with Crippen LogP contribution in [0.3, 0.4) is 0 Å². The second kappa shape index (κ2) is 6.96. The summed E-state index contributed by atoms with van der Waals surface area (Å²) in [4.78, 5) is 11.8. The number of halogens is 1. The van der Waals surface area contributed by atoms with E-state index in [1.807, 2.05) is 6.92 Å². The molecule has 2 N–H and O–H groups in total. The number of carbonyl (C=O) groups excluding carboxylic acids is 1. The highest BCUT2D eigenvalue weighted by atomic mass is 19.1. The molecule has 0 heterocycles. The molecule has 18 heavy (non-hydrogen) atoms. The fourth-order valence-electron chi connectivity index (χ4n) is 1.53. The summed E-state index contributed by atoms with van der Waals surface area (Å²) in [5.74, 6) is -0.942. The summed E-state index contributed by atoms with van der Waals surface area (Å²) >= 11 is 0. The van der Waals surface area contributed by atoms with E-state index in [1.54, 1.807) is 6.07 Å². The molecular formula is C13H18FNO3. The van der Waals surface area contributed by atoms with E-state index >= 15 is 0 Å². The smallest absolute Gasteiger partial charge is 0.254 e. The van der Waals surface area contributed by atoms with Crippen molar-refractivity contribution < 1.29 is 19.0 Å². The predicted octanol–water partition coefficient (Wildman–Crippen LogP) is 1.58. The van der Waals surface area contributed by atoms with Crippen molar-refractivity contribution >= 4 is 5.91 Å². The van der Waals surface area contributed by atoms with Gasteiger partial charge in [0.05, 0.1) is 12.7 Å². The van der Waals surface area contributed by atoms with Gasteiger partial charge in [0.2, 0.25) is 0 Å². The molecule has 1 aromatic carbocycles. The molecule has 0 bridgehead atoms. The third-order valence-electron chi connectivity index (χ3n) is 2.66. The summed E-state index contributed by atoms with van der Waals surface area (Å²) in [6.45, 7) is 2.37. The van der Waals surface area contributed by atoms with Crippen molar-refractivity contribution in [1.29, 1.82) is 0 Å². The number of rotatable bonds is 6. The van der Waals surface area contributed by atoms with Crippen molar-refractivity contribution in [2.24, 2.45) is 5.92 Å². The minimum Gasteiger partial charge on any atom is -0.494 e. The fraction of sp³-hybridized carbons (Fsp3) is 0.462. The summed E-state index contributed by atoms with van der Waals surface area (Å²) in [5.41, 5.74) is -0.0365. The summed E-state index contributed by atoms with van der Waals surface area (Å²) in [6, 6.07) is 4.43. The van der Waals surface area contributed by atoms with Gasteiger partial charge < -0.3 is 15.2 Å². The maximum atomic E-state index is 13.8. The summed E-state index contributed by atoms with van der Waals surface area (Å²) in [7, 11) is 1.35. The molecule has 1 aromatic rings. The van der Waals surface area contributed by atoms with Crippen LogP contribution in [-0.2, 0) is 0 Å². The number of aliphatic hydroxyl groups excluding tert-OH is 1. The van der Waals surface area contributed by atoms with E-state index in [-0.39, 0.29) is 23.8 Å². The highest BCUT2D eigenvalue weighted by Gasteiger charge is 2.15. The van der Waals surface area contributed by atoms with Gasteiger partial charge in [-0.3, -0.25) is 4.79 Å². The van der Waals surface area contributed by atoms with E-state index in [1.165, 1.54) is 19.2 Å². The van der Waals surface area contributed by atoms with Gasteiger partial charge in [-0.2, -0.15) is 0 Å². The zero-order chi connectivity index (χ0) is 13.5. The Morgan fingerprint density at radius 2 is 2.28 bits per heavy atom. The van der Waals surface area contributed by atoms with E-state index in [9.17, 15) is 9.18 Å². The monoisotopic (exact) mass is 255 g/mol. The topological polar surface area (TPSA) is 58.6 Å². The lowest BCUT2D eigenvalue weighted by atomic mass is 10.1. The van der Waals surface area contributed by atoms with E-state index < -0.39 is 11.7 Å². The quantitative estimate of drug-likeness (QED) is 0.811. The molecule has 0 aliphatic rings. The summed E-state index contributed by atoms with van der Waals surface area (Å²) in [6.07, 6.45) is 0.598. The average Bonchev–Trinajstić information content (AvgIpc) is 2.36. The number of amides is 1. The summed E-state index contributed by atoms with van der Waals surface area (Å²) < 4.78 is 18.6. The molecule has 0 aromatic heterocycles. The van der Waals surface area contributed by atoms with Crippen molar-refractivity contribution in [1.82, 2.24) is 5.32 Å². The summed E-state index contributed by atoms with van der Waals surface area (Å²) in [5, 5.41) is 11.4. The van der Waals surface area contributed by atoms with Crippen LogP contribution in [0, 0.1) is 11.7 Å². The lowest BCUT2D eigenvalue weighted by Gasteiger charge is -2.12. The molecule has 0 spiro atoms. The second-order valence-corrected chi connectivity index (χ2v) is 4.15. The van der Waals surface area contributed by atoms with Crippen LogP contribution in [0.15, 0.2) is 18.2 Å². The molecule has 0 saturated carbocycles. The Morgan fingerprint density at radius 1 is 1.56 bits per heavy atom. The van der Waals surface area contributed by atoms with Crippen LogP contribution in [0.2, 0.25) is 0 Å². The lowest BCUT2D eigenvalue weighted by Crippen LogP contribution is -2.29. The number of hydrogen-bond donors (Lipinski definition) is 2. The van der Waals surface area contributed by atoms with Crippen LogP contribution < -0.4 is 10.1 Å². The highest BCUT2D eigenvalue weighted by Crippen LogP contribution is 2.19. The van der Waals surface area contributed by atoms with Crippen LogP contribution >= 0.6 is 0 Å². The Balaban J connectivity index is 2.67. The van der Waals surface area contributed by atoms with E-state index in [0.717, 1.165) is 0 Å². The Morgan fingerprint density at radius 3 is 2.89 bits per heavy atom. The van der Waals surface area contributed by atoms with Crippen LogP contribution in [-0.4, -0.2) is 31.3 Å². The molecule has 1 atom stereocenters. The van der Waals surface area contributed by atoms with Gasteiger partial charge in [-0.15, -0.1) is 0 Å². The van der Waals surface area contributed by atoms with Crippen molar-refractivity contribution in [3.63, 3.8) is 0 Å². The van der Waals surface area contributed by atoms with Gasteiger partial charge in [-0.05, 0) is 24.5 Å². The number of hydrogen-bond acceptors (Lipinski definition) is 3. The molecule has 4 nitrogen and oxygen atoms in total. The van der Waals surface area contributed by atoms with Crippen LogP contribution in [0.4, 0.5) is 4.39 Å². The molecule has 0 fully saturated rings. The first-order chi connectivity index (χ1) is 8.60. The Hall–Kier alpha value is -1.62. The average molecular weight is 255 g/mol. The van der Waals surface area contributed by atoms with Crippen LogP contribution in [0.1, 0.15) is 23.7 Å². The van der Waals surface area contributed by atoms with Gasteiger partial charge >= 0.3 is 0 Å². The van der Waals surface area contributed by atoms with Crippen molar-refractivity contribution in [3.8, 4) is 5.75 Å². The lowest BCUT2D eigenvalue weighted by molar-refractivity contribution is 0.0940. The molecule has 0 aliphatic heterocycles. The molecule has 5 heteroatoms. The molecular weight excluding hydrogens is 237 g/mol. The minimum absolute atomic E-state index is 0.0365. The van der Waals surface area contributed by atoms with E-state index in [4.69, 9.17) is 9.84 Å². The maximum Gasteiger partial charge on any atom is 0.254 e.